The number of aromatic nitrogens is 5. The summed E-state index contributed by atoms with van der Waals surface area (Å²) in [5, 5.41) is 13.7. The minimum Gasteiger partial charge on any atom is -0.479 e. The molecule has 1 aromatic carbocycles. The van der Waals surface area contributed by atoms with Crippen molar-refractivity contribution in [3.63, 3.8) is 0 Å². The van der Waals surface area contributed by atoms with Crippen molar-refractivity contribution in [2.75, 3.05) is 7.11 Å². The maximum absolute atomic E-state index is 13.0. The molecule has 0 saturated heterocycles. The second-order valence-corrected chi connectivity index (χ2v) is 6.13. The van der Waals surface area contributed by atoms with Crippen LogP contribution in [0.3, 0.4) is 0 Å². The Labute approximate surface area is 143 Å². The number of hydrogen-bond acceptors (Lipinski definition) is 5. The van der Waals surface area contributed by atoms with Crippen molar-refractivity contribution in [2.24, 2.45) is 7.05 Å². The molecule has 0 N–H and O–H groups in total. The van der Waals surface area contributed by atoms with E-state index >= 15 is 0 Å². The molecule has 24 heavy (non-hydrogen) atoms. The molecule has 0 saturated carbocycles. The highest BCUT2D eigenvalue weighted by molar-refractivity contribution is 7.98. The summed E-state index contributed by atoms with van der Waals surface area (Å²) >= 11 is 1.57. The lowest BCUT2D eigenvalue weighted by atomic mass is 10.2. The van der Waals surface area contributed by atoms with E-state index in [1.165, 1.54) is 12.1 Å². The van der Waals surface area contributed by atoms with Crippen LogP contribution < -0.4 is 4.74 Å². The highest BCUT2D eigenvalue weighted by atomic mass is 32.2. The van der Waals surface area contributed by atoms with Gasteiger partial charge in [0.05, 0.1) is 7.11 Å². The minimum absolute atomic E-state index is 0.230. The first kappa shape index (κ1) is 16.5. The van der Waals surface area contributed by atoms with E-state index in [9.17, 15) is 4.39 Å². The molecular formula is C16H18FN5OS. The van der Waals surface area contributed by atoms with E-state index in [1.807, 2.05) is 24.7 Å². The molecule has 2 heterocycles. The fraction of sp³-hybridized carbons (Fsp3) is 0.312. The fourth-order valence-corrected chi connectivity index (χ4v) is 3.34. The molecule has 8 heteroatoms. The first-order valence-electron chi connectivity index (χ1n) is 7.50. The van der Waals surface area contributed by atoms with E-state index in [1.54, 1.807) is 35.7 Å². The quantitative estimate of drug-likeness (QED) is 0.641. The van der Waals surface area contributed by atoms with E-state index in [0.29, 0.717) is 11.6 Å². The molecule has 0 radical (unpaired) electrons. The lowest BCUT2D eigenvalue weighted by Crippen LogP contribution is -2.00. The van der Waals surface area contributed by atoms with Gasteiger partial charge in [-0.05, 0) is 24.6 Å². The van der Waals surface area contributed by atoms with Gasteiger partial charge in [-0.2, -0.15) is 0 Å². The van der Waals surface area contributed by atoms with Crippen molar-refractivity contribution < 1.29 is 9.13 Å². The van der Waals surface area contributed by atoms with Gasteiger partial charge in [0, 0.05) is 25.5 Å². The molecule has 0 unspecified atom stereocenters. The average Bonchev–Trinajstić information content (AvgIpc) is 3.16. The van der Waals surface area contributed by atoms with Crippen molar-refractivity contribution in [3.8, 4) is 17.3 Å². The number of halogens is 1. The fourth-order valence-electron chi connectivity index (χ4n) is 2.38. The average molecular weight is 347 g/mol. The van der Waals surface area contributed by atoms with E-state index in [0.717, 1.165) is 28.7 Å². The molecule has 0 aliphatic heterocycles. The molecule has 0 aliphatic carbocycles. The SMILES string of the molecule is CCn1c(SCc2ccc(F)cc2)nnc1-c1cn(C)nc1OC. The third-order valence-corrected chi connectivity index (χ3v) is 4.58. The predicted molar refractivity (Wildman–Crippen MR) is 90.4 cm³/mol. The Morgan fingerprint density at radius 3 is 2.62 bits per heavy atom. The zero-order valence-corrected chi connectivity index (χ0v) is 14.5. The summed E-state index contributed by atoms with van der Waals surface area (Å²) in [4.78, 5) is 0. The Morgan fingerprint density at radius 1 is 1.21 bits per heavy atom. The van der Waals surface area contributed by atoms with E-state index in [4.69, 9.17) is 4.74 Å². The summed E-state index contributed by atoms with van der Waals surface area (Å²) in [5.74, 6) is 1.72. The Bertz CT molecular complexity index is 828. The first-order valence-corrected chi connectivity index (χ1v) is 8.49. The summed E-state index contributed by atoms with van der Waals surface area (Å²) < 4.78 is 22.0. The van der Waals surface area contributed by atoms with Crippen LogP contribution in [0.1, 0.15) is 12.5 Å². The summed E-state index contributed by atoms with van der Waals surface area (Å²) in [5.41, 5.74) is 1.84. The summed E-state index contributed by atoms with van der Waals surface area (Å²) in [7, 11) is 3.42. The molecule has 3 aromatic rings. The molecular weight excluding hydrogens is 329 g/mol. The number of benzene rings is 1. The Balaban J connectivity index is 1.85. The van der Waals surface area contributed by atoms with Gasteiger partial charge >= 0.3 is 0 Å². The molecule has 0 fully saturated rings. The van der Waals surface area contributed by atoms with Gasteiger partial charge in [0.2, 0.25) is 5.88 Å². The summed E-state index contributed by atoms with van der Waals surface area (Å²) in [6.07, 6.45) is 1.86. The summed E-state index contributed by atoms with van der Waals surface area (Å²) in [6, 6.07) is 6.48. The van der Waals surface area contributed by atoms with Crippen LogP contribution in [0.25, 0.3) is 11.4 Å². The molecule has 0 bridgehead atoms. The Hall–Kier alpha value is -2.35. The first-order chi connectivity index (χ1) is 11.6. The van der Waals surface area contributed by atoms with Crippen molar-refractivity contribution in [2.45, 2.75) is 24.4 Å². The van der Waals surface area contributed by atoms with Gasteiger partial charge in [0.25, 0.3) is 0 Å². The van der Waals surface area contributed by atoms with Gasteiger partial charge < -0.3 is 9.30 Å². The van der Waals surface area contributed by atoms with E-state index in [-0.39, 0.29) is 5.82 Å². The number of ether oxygens (including phenoxy) is 1. The van der Waals surface area contributed by atoms with Crippen LogP contribution in [-0.4, -0.2) is 31.7 Å². The van der Waals surface area contributed by atoms with Gasteiger partial charge in [0.15, 0.2) is 11.0 Å². The molecule has 126 valence electrons. The monoisotopic (exact) mass is 347 g/mol. The van der Waals surface area contributed by atoms with Crippen LogP contribution in [0.15, 0.2) is 35.6 Å². The van der Waals surface area contributed by atoms with Crippen LogP contribution in [0.5, 0.6) is 5.88 Å². The number of nitrogens with zero attached hydrogens (tertiary/aromatic N) is 5. The number of thioether (sulfide) groups is 1. The van der Waals surface area contributed by atoms with E-state index in [2.05, 4.69) is 15.3 Å². The molecule has 6 nitrogen and oxygen atoms in total. The number of hydrogen-bond donors (Lipinski definition) is 0. The minimum atomic E-state index is -0.230. The third kappa shape index (κ3) is 3.28. The van der Waals surface area contributed by atoms with Crippen LogP contribution >= 0.6 is 11.8 Å². The van der Waals surface area contributed by atoms with Gasteiger partial charge in [-0.1, -0.05) is 23.9 Å². The lowest BCUT2D eigenvalue weighted by Gasteiger charge is -2.07. The number of aryl methyl sites for hydroxylation is 1. The second-order valence-electron chi connectivity index (χ2n) is 5.19. The van der Waals surface area contributed by atoms with Gasteiger partial charge in [-0.15, -0.1) is 15.3 Å². The molecule has 0 atom stereocenters. The Morgan fingerprint density at radius 2 is 1.96 bits per heavy atom. The maximum Gasteiger partial charge on any atom is 0.243 e. The number of methoxy groups -OCH3 is 1. The van der Waals surface area contributed by atoms with Crippen LogP contribution in [0.4, 0.5) is 4.39 Å². The van der Waals surface area contributed by atoms with Gasteiger partial charge in [-0.25, -0.2) is 4.39 Å². The molecule has 3 rings (SSSR count). The zero-order valence-electron chi connectivity index (χ0n) is 13.7. The zero-order chi connectivity index (χ0) is 17.1. The molecule has 0 amide bonds. The van der Waals surface area contributed by atoms with E-state index < -0.39 is 0 Å². The van der Waals surface area contributed by atoms with Crippen molar-refractivity contribution in [1.29, 1.82) is 0 Å². The number of rotatable bonds is 6. The molecule has 0 spiro atoms. The smallest absolute Gasteiger partial charge is 0.243 e. The van der Waals surface area contributed by atoms with Crippen molar-refractivity contribution in [1.82, 2.24) is 24.5 Å². The van der Waals surface area contributed by atoms with Crippen molar-refractivity contribution in [3.05, 3.63) is 41.8 Å². The normalized spacial score (nSPS) is 11.0. The Kier molecular flexibility index (Phi) is 4.84. The molecule has 2 aromatic heterocycles. The standard InChI is InChI=1S/C16H18FN5OS/c1-4-22-14(13-9-21(2)20-15(13)23-3)18-19-16(22)24-10-11-5-7-12(17)8-6-11/h5-9H,4,10H2,1-3H3. The lowest BCUT2D eigenvalue weighted by molar-refractivity contribution is 0.392. The highest BCUT2D eigenvalue weighted by Gasteiger charge is 2.19. The topological polar surface area (TPSA) is 57.8 Å². The van der Waals surface area contributed by atoms with Crippen LogP contribution in [-0.2, 0) is 19.3 Å². The van der Waals surface area contributed by atoms with Crippen LogP contribution in [0, 0.1) is 5.82 Å². The maximum atomic E-state index is 13.0. The third-order valence-electron chi connectivity index (χ3n) is 3.54. The summed E-state index contributed by atoms with van der Waals surface area (Å²) in [6.45, 7) is 2.77. The van der Waals surface area contributed by atoms with Crippen LogP contribution in [0.2, 0.25) is 0 Å². The van der Waals surface area contributed by atoms with Crippen molar-refractivity contribution >= 4 is 11.8 Å². The van der Waals surface area contributed by atoms with Gasteiger partial charge in [-0.3, -0.25) is 4.68 Å². The molecule has 0 aliphatic rings. The largest absolute Gasteiger partial charge is 0.479 e. The highest BCUT2D eigenvalue weighted by Crippen LogP contribution is 2.30. The predicted octanol–water partition coefficient (Wildman–Crippen LogP) is 3.14. The second kappa shape index (κ2) is 7.04. The van der Waals surface area contributed by atoms with Gasteiger partial charge in [0.1, 0.15) is 11.4 Å².